The van der Waals surface area contributed by atoms with Crippen molar-refractivity contribution in [3.63, 3.8) is 0 Å². The number of piperidine rings is 1. The number of benzene rings is 2. The van der Waals surface area contributed by atoms with E-state index in [1.165, 1.54) is 0 Å². The van der Waals surface area contributed by atoms with Gasteiger partial charge in [0, 0.05) is 18.5 Å². The molecular formula is C20H20NO3-. The number of hydrogen-bond donors (Lipinski definition) is 1. The van der Waals surface area contributed by atoms with Crippen LogP contribution in [0.25, 0.3) is 0 Å². The van der Waals surface area contributed by atoms with Crippen LogP contribution >= 0.6 is 0 Å². The van der Waals surface area contributed by atoms with Crippen molar-refractivity contribution in [2.45, 2.75) is 31.2 Å². The molecule has 1 aliphatic carbocycles. The quantitative estimate of drug-likeness (QED) is 0.923. The number of aromatic hydroxyl groups is 1. The van der Waals surface area contributed by atoms with Gasteiger partial charge in [0.2, 0.25) is 0 Å². The summed E-state index contributed by atoms with van der Waals surface area (Å²) in [5.41, 5.74) is 3.18. The zero-order chi connectivity index (χ0) is 16.7. The van der Waals surface area contributed by atoms with Crippen LogP contribution in [0.2, 0.25) is 0 Å². The van der Waals surface area contributed by atoms with E-state index in [9.17, 15) is 15.1 Å². The first-order valence-electron chi connectivity index (χ1n) is 8.45. The summed E-state index contributed by atoms with van der Waals surface area (Å²) in [5, 5.41) is 23.2. The third kappa shape index (κ3) is 2.62. The van der Waals surface area contributed by atoms with Crippen LogP contribution in [0.4, 0.5) is 0 Å². The van der Waals surface area contributed by atoms with Crippen LogP contribution < -0.4 is 0 Å². The normalized spacial score (nSPS) is 26.7. The van der Waals surface area contributed by atoms with Crippen LogP contribution in [-0.2, 0) is 17.6 Å². The lowest BCUT2D eigenvalue weighted by Gasteiger charge is -2.50. The highest BCUT2D eigenvalue weighted by atomic mass is 16.5. The number of carbonyl (C=O) groups excluding carboxylic acids is 1. The average molecular weight is 322 g/mol. The second-order valence-corrected chi connectivity index (χ2v) is 6.86. The van der Waals surface area contributed by atoms with E-state index in [1.807, 2.05) is 36.4 Å². The molecule has 2 aromatic rings. The molecule has 1 N–H and O–H groups in total. The molecule has 124 valence electrons. The molecule has 0 aromatic heterocycles. The Morgan fingerprint density at radius 1 is 1.17 bits per heavy atom. The summed E-state index contributed by atoms with van der Waals surface area (Å²) in [6.07, 6.45) is 2.28. The van der Waals surface area contributed by atoms with E-state index in [0.717, 1.165) is 34.6 Å². The lowest BCUT2D eigenvalue weighted by atomic mass is 9.67. The number of ketones is 1. The van der Waals surface area contributed by atoms with E-state index in [2.05, 4.69) is 0 Å². The first-order valence-corrected chi connectivity index (χ1v) is 8.45. The average Bonchev–Trinajstić information content (AvgIpc) is 2.58. The fourth-order valence-electron chi connectivity index (χ4n) is 4.35. The van der Waals surface area contributed by atoms with Gasteiger partial charge in [0.05, 0.1) is 0 Å². The number of carbonyl (C=O) groups is 1. The molecule has 1 heterocycles. The molecule has 24 heavy (non-hydrogen) atoms. The molecule has 1 saturated heterocycles. The molecule has 0 spiro atoms. The summed E-state index contributed by atoms with van der Waals surface area (Å²) < 4.78 is 0. The van der Waals surface area contributed by atoms with Gasteiger partial charge in [-0.1, -0.05) is 36.4 Å². The van der Waals surface area contributed by atoms with Crippen molar-refractivity contribution < 1.29 is 9.90 Å². The third-order valence-electron chi connectivity index (χ3n) is 5.45. The second kappa shape index (κ2) is 6.04. The number of nitrogens with zero attached hydrogens (tertiary/aromatic N) is 1. The molecular weight excluding hydrogens is 302 g/mol. The Morgan fingerprint density at radius 2 is 1.96 bits per heavy atom. The monoisotopic (exact) mass is 322 g/mol. The first-order chi connectivity index (χ1) is 11.6. The second-order valence-electron chi connectivity index (χ2n) is 6.86. The number of phenols is 1. The number of hydrogen-bond acceptors (Lipinski definition) is 4. The van der Waals surface area contributed by atoms with E-state index in [4.69, 9.17) is 0 Å². The van der Waals surface area contributed by atoms with Crippen molar-refractivity contribution in [2.75, 3.05) is 6.54 Å². The van der Waals surface area contributed by atoms with Gasteiger partial charge in [0.15, 0.2) is 5.78 Å². The van der Waals surface area contributed by atoms with Gasteiger partial charge < -0.3 is 15.4 Å². The van der Waals surface area contributed by atoms with Crippen molar-refractivity contribution in [3.05, 3.63) is 70.4 Å². The van der Waals surface area contributed by atoms with Crippen LogP contribution in [0.3, 0.4) is 0 Å². The Kier molecular flexibility index (Phi) is 3.87. The summed E-state index contributed by atoms with van der Waals surface area (Å²) in [5.74, 6) is 0.0713. The molecule has 0 amide bonds. The van der Waals surface area contributed by atoms with Gasteiger partial charge >= 0.3 is 0 Å². The first kappa shape index (κ1) is 15.4. The predicted octanol–water partition coefficient (Wildman–Crippen LogP) is 3.03. The number of hydroxylamine groups is 2. The zero-order valence-electron chi connectivity index (χ0n) is 13.4. The molecule has 3 atom stereocenters. The van der Waals surface area contributed by atoms with Gasteiger partial charge in [-0.15, -0.1) is 0 Å². The smallest absolute Gasteiger partial charge is 0.153 e. The maximum atomic E-state index is 12.6. The molecule has 0 saturated carbocycles. The van der Waals surface area contributed by atoms with E-state index < -0.39 is 0 Å². The minimum Gasteiger partial charge on any atom is -0.785 e. The summed E-state index contributed by atoms with van der Waals surface area (Å²) in [4.78, 5) is 12.6. The molecule has 0 bridgehead atoms. The molecule has 1 fully saturated rings. The molecule has 2 aliphatic rings. The lowest BCUT2D eigenvalue weighted by molar-refractivity contribution is -0.127. The maximum absolute atomic E-state index is 12.6. The topological polar surface area (TPSA) is 63.6 Å². The van der Waals surface area contributed by atoms with Crippen molar-refractivity contribution in [1.82, 2.24) is 5.06 Å². The van der Waals surface area contributed by atoms with Crippen LogP contribution in [0.5, 0.6) is 5.75 Å². The summed E-state index contributed by atoms with van der Waals surface area (Å²) in [6, 6.07) is 15.1. The van der Waals surface area contributed by atoms with E-state index in [-0.39, 0.29) is 36.0 Å². The van der Waals surface area contributed by atoms with Crippen molar-refractivity contribution >= 4 is 5.78 Å². The Labute approximate surface area is 141 Å². The van der Waals surface area contributed by atoms with Crippen LogP contribution in [0, 0.1) is 11.1 Å². The molecule has 0 radical (unpaired) electrons. The molecule has 4 rings (SSSR count). The summed E-state index contributed by atoms with van der Waals surface area (Å²) in [7, 11) is 0. The highest BCUT2D eigenvalue weighted by Gasteiger charge is 2.43. The van der Waals surface area contributed by atoms with Crippen molar-refractivity contribution in [3.8, 4) is 5.75 Å². The minimum absolute atomic E-state index is 0.00551. The predicted molar refractivity (Wildman–Crippen MR) is 91.7 cm³/mol. The number of rotatable bonds is 2. The zero-order valence-corrected chi connectivity index (χ0v) is 13.4. The minimum atomic E-state index is -0.215. The highest BCUT2D eigenvalue weighted by molar-refractivity contribution is 5.89. The van der Waals surface area contributed by atoms with Crippen molar-refractivity contribution in [1.29, 1.82) is 0 Å². The Balaban J connectivity index is 1.68. The van der Waals surface area contributed by atoms with E-state index >= 15 is 0 Å². The third-order valence-corrected chi connectivity index (χ3v) is 5.45. The van der Waals surface area contributed by atoms with Gasteiger partial charge in [-0.3, -0.25) is 4.79 Å². The van der Waals surface area contributed by atoms with Crippen molar-refractivity contribution in [2.24, 2.45) is 5.92 Å². The van der Waals surface area contributed by atoms with Gasteiger partial charge in [0.25, 0.3) is 0 Å². The largest absolute Gasteiger partial charge is 0.785 e. The van der Waals surface area contributed by atoms with Gasteiger partial charge in [-0.25, -0.2) is 0 Å². The van der Waals surface area contributed by atoms with Crippen LogP contribution in [0.15, 0.2) is 48.5 Å². The lowest BCUT2D eigenvalue weighted by Crippen LogP contribution is -2.52. The molecule has 4 nitrogen and oxygen atoms in total. The van der Waals surface area contributed by atoms with Crippen LogP contribution in [-0.4, -0.2) is 28.5 Å². The SMILES string of the molecule is O=C1CN([O-])C(Cc2ccccc2)C2CCc3cc(O)ccc3C12. The van der Waals surface area contributed by atoms with Gasteiger partial charge in [-0.2, -0.15) is 0 Å². The molecule has 4 heteroatoms. The summed E-state index contributed by atoms with van der Waals surface area (Å²) in [6.45, 7) is -0.0427. The standard InChI is InChI=1S/C20H20NO3/c22-15-7-9-16-14(11-15)6-8-17-18(10-13-4-2-1-3-5-13)21(24)12-19(23)20(16)17/h1-5,7,9,11,17-18,20,22H,6,8,10,12H2/q-1. The van der Waals surface area contributed by atoms with Crippen LogP contribution in [0.1, 0.15) is 29.0 Å². The number of fused-ring (bicyclic) bond motifs is 3. The number of phenolic OH excluding ortho intramolecular Hbond substituents is 1. The van der Waals surface area contributed by atoms with E-state index in [0.29, 0.717) is 6.42 Å². The fraction of sp³-hybridized carbons (Fsp3) is 0.350. The fourth-order valence-corrected chi connectivity index (χ4v) is 4.35. The summed E-state index contributed by atoms with van der Waals surface area (Å²) >= 11 is 0. The number of aryl methyl sites for hydroxylation is 1. The Bertz CT molecular complexity index is 759. The Hall–Kier alpha value is -2.17. The highest BCUT2D eigenvalue weighted by Crippen LogP contribution is 2.44. The molecule has 2 aromatic carbocycles. The van der Waals surface area contributed by atoms with E-state index in [1.54, 1.807) is 12.1 Å². The maximum Gasteiger partial charge on any atom is 0.153 e. The van der Waals surface area contributed by atoms with Gasteiger partial charge in [0.1, 0.15) is 5.75 Å². The molecule has 1 aliphatic heterocycles. The van der Waals surface area contributed by atoms with Gasteiger partial charge in [-0.05, 0) is 54.0 Å². The number of Topliss-reactive ketones (excluding diaryl/α,β-unsaturated/α-hetero) is 1. The molecule has 3 unspecified atom stereocenters. The Morgan fingerprint density at radius 3 is 2.75 bits per heavy atom.